The van der Waals surface area contributed by atoms with Gasteiger partial charge in [0.1, 0.15) is 11.6 Å². The largest absolute Gasteiger partial charge is 0.493 e. The molecule has 8 nitrogen and oxygen atoms in total. The number of Topliss-reactive ketones (excluding diaryl/α,β-unsaturated/α-hetero) is 1. The van der Waals surface area contributed by atoms with Crippen molar-refractivity contribution in [2.24, 2.45) is 0 Å². The Hall–Kier alpha value is -3.46. The third-order valence-corrected chi connectivity index (χ3v) is 5.83. The van der Waals surface area contributed by atoms with Gasteiger partial charge in [-0.1, -0.05) is 32.9 Å². The zero-order valence-corrected chi connectivity index (χ0v) is 22.8. The van der Waals surface area contributed by atoms with Crippen LogP contribution in [0.3, 0.4) is 0 Å². The summed E-state index contributed by atoms with van der Waals surface area (Å²) in [6, 6.07) is 8.65. The fourth-order valence-corrected chi connectivity index (χ4v) is 4.10. The number of carbonyl (C=O) groups excluding carboxylic acids is 2. The van der Waals surface area contributed by atoms with Gasteiger partial charge in [-0.3, -0.25) is 15.0 Å². The third kappa shape index (κ3) is 6.20. The molecule has 1 aliphatic heterocycles. The number of ketones is 1. The van der Waals surface area contributed by atoms with Gasteiger partial charge in [0.2, 0.25) is 0 Å². The molecule has 2 aromatic rings. The molecule has 3 rings (SSSR count). The molecule has 9 heteroatoms. The zero-order chi connectivity index (χ0) is 25.9. The van der Waals surface area contributed by atoms with Crippen LogP contribution < -0.4 is 10.1 Å². The van der Waals surface area contributed by atoms with Crippen molar-refractivity contribution in [2.45, 2.75) is 39.7 Å². The number of ether oxygens (including phenoxy) is 1. The minimum absolute atomic E-state index is 0. The lowest BCUT2D eigenvalue weighted by molar-refractivity contribution is -0.131. The lowest BCUT2D eigenvalue weighted by Gasteiger charge is -2.23. The van der Waals surface area contributed by atoms with E-state index in [4.69, 9.17) is 15.3 Å². The van der Waals surface area contributed by atoms with Gasteiger partial charge < -0.3 is 20.1 Å². The maximum absolute atomic E-state index is 13.2. The smallest absolute Gasteiger partial charge is 0.328 e. The summed E-state index contributed by atoms with van der Waals surface area (Å²) in [7, 11) is 1.54. The molecule has 0 bridgehead atoms. The van der Waals surface area contributed by atoms with Gasteiger partial charge in [0.05, 0.1) is 18.7 Å². The van der Waals surface area contributed by atoms with E-state index in [-0.39, 0.29) is 46.5 Å². The van der Waals surface area contributed by atoms with Gasteiger partial charge in [0.25, 0.3) is 5.91 Å². The van der Waals surface area contributed by atoms with Crippen LogP contribution >= 0.6 is 17.0 Å². The van der Waals surface area contributed by atoms with Crippen molar-refractivity contribution >= 4 is 46.6 Å². The first-order valence-electron chi connectivity index (χ1n) is 11.4. The predicted octanol–water partition coefficient (Wildman–Crippen LogP) is 4.44. The second-order valence-electron chi connectivity index (χ2n) is 9.37. The molecule has 2 aromatic carbocycles. The van der Waals surface area contributed by atoms with Crippen molar-refractivity contribution in [3.63, 3.8) is 0 Å². The number of carboxylic acid groups (broad SMARTS) is 1. The van der Waals surface area contributed by atoms with Crippen molar-refractivity contribution in [1.82, 2.24) is 10.2 Å². The van der Waals surface area contributed by atoms with E-state index >= 15 is 0 Å². The van der Waals surface area contributed by atoms with E-state index in [1.54, 1.807) is 35.2 Å². The molecule has 0 saturated carbocycles. The summed E-state index contributed by atoms with van der Waals surface area (Å²) < 4.78 is 5.64. The van der Waals surface area contributed by atoms with Crippen molar-refractivity contribution in [3.8, 4) is 5.75 Å². The second kappa shape index (κ2) is 11.5. The molecule has 3 N–H and O–H groups in total. The van der Waals surface area contributed by atoms with Crippen LogP contribution in [0.2, 0.25) is 0 Å². The Bertz CT molecular complexity index is 1230. The number of amidine groups is 1. The number of aliphatic carboxylic acids is 1. The number of halogens is 1. The molecule has 0 aliphatic carbocycles. The van der Waals surface area contributed by atoms with Crippen LogP contribution in [-0.2, 0) is 16.8 Å². The van der Waals surface area contributed by atoms with E-state index in [1.165, 1.54) is 13.1 Å². The van der Waals surface area contributed by atoms with Gasteiger partial charge in [-0.25, -0.2) is 4.79 Å². The van der Waals surface area contributed by atoms with Gasteiger partial charge in [-0.15, -0.1) is 17.0 Å². The Morgan fingerprint density at radius 3 is 2.47 bits per heavy atom. The molecular weight excluding hydrogens is 526 g/mol. The average molecular weight is 558 g/mol. The van der Waals surface area contributed by atoms with Crippen molar-refractivity contribution in [2.75, 3.05) is 20.2 Å². The number of amides is 1. The van der Waals surface area contributed by atoms with E-state index < -0.39 is 5.97 Å². The van der Waals surface area contributed by atoms with Gasteiger partial charge >= 0.3 is 5.97 Å². The number of rotatable bonds is 8. The summed E-state index contributed by atoms with van der Waals surface area (Å²) in [5, 5.41) is 20.2. The third-order valence-electron chi connectivity index (χ3n) is 5.83. The van der Waals surface area contributed by atoms with Crippen LogP contribution in [0.1, 0.15) is 70.7 Å². The highest BCUT2D eigenvalue weighted by molar-refractivity contribution is 8.93. The summed E-state index contributed by atoms with van der Waals surface area (Å²) in [6.45, 7) is 8.60. The lowest BCUT2D eigenvalue weighted by atomic mass is 9.82. The Kier molecular flexibility index (Phi) is 9.21. The molecule has 1 amide bonds. The molecule has 0 radical (unpaired) electrons. The van der Waals surface area contributed by atoms with Crippen LogP contribution in [0.25, 0.3) is 6.08 Å². The van der Waals surface area contributed by atoms with E-state index in [0.29, 0.717) is 35.6 Å². The summed E-state index contributed by atoms with van der Waals surface area (Å²) in [6.07, 6.45) is 2.61. The van der Waals surface area contributed by atoms with Gasteiger partial charge in [-0.2, -0.15) is 0 Å². The number of carboxylic acids is 1. The molecule has 0 atom stereocenters. The number of carbonyl (C=O) groups is 3. The van der Waals surface area contributed by atoms with E-state index in [9.17, 15) is 14.4 Å². The Balaban J connectivity index is 0.00000456. The van der Waals surface area contributed by atoms with Crippen LogP contribution in [-0.4, -0.2) is 53.7 Å². The lowest BCUT2D eigenvalue weighted by Crippen LogP contribution is -2.30. The molecule has 0 aromatic heterocycles. The van der Waals surface area contributed by atoms with E-state index in [1.807, 2.05) is 27.7 Å². The molecule has 0 saturated heterocycles. The monoisotopic (exact) mass is 557 g/mol. The maximum atomic E-state index is 13.2. The summed E-state index contributed by atoms with van der Waals surface area (Å²) in [5.74, 6) is -0.863. The number of nitrogens with one attached hydrogen (secondary N) is 2. The number of hydrogen-bond acceptors (Lipinski definition) is 5. The first-order chi connectivity index (χ1) is 16.5. The highest BCUT2D eigenvalue weighted by Gasteiger charge is 2.29. The first kappa shape index (κ1) is 28.8. The molecule has 1 aliphatic rings. The molecule has 36 heavy (non-hydrogen) atoms. The second-order valence-corrected chi connectivity index (χ2v) is 9.37. The topological polar surface area (TPSA) is 120 Å². The van der Waals surface area contributed by atoms with Crippen LogP contribution in [0.4, 0.5) is 0 Å². The highest BCUT2D eigenvalue weighted by atomic mass is 79.9. The Morgan fingerprint density at radius 2 is 1.89 bits per heavy atom. The highest BCUT2D eigenvalue weighted by Crippen LogP contribution is 2.32. The SMILES string of the molecule is Br.CCOc1cc2c(cc1C(=O)NC)C(=N)N(CC(=O)c1ccc(/C=C/C(=O)O)c(C(C)(C)C)c1)C2. The van der Waals surface area contributed by atoms with Crippen molar-refractivity contribution < 1.29 is 24.2 Å². The average Bonchev–Trinajstić information content (AvgIpc) is 3.10. The zero-order valence-electron chi connectivity index (χ0n) is 21.1. The molecule has 0 spiro atoms. The van der Waals surface area contributed by atoms with Crippen LogP contribution in [0.15, 0.2) is 36.4 Å². The van der Waals surface area contributed by atoms with Gasteiger partial charge in [0.15, 0.2) is 5.78 Å². The number of fused-ring (bicyclic) bond motifs is 1. The predicted molar refractivity (Wildman–Crippen MR) is 145 cm³/mol. The van der Waals surface area contributed by atoms with Crippen molar-refractivity contribution in [1.29, 1.82) is 5.41 Å². The minimum Gasteiger partial charge on any atom is -0.493 e. The van der Waals surface area contributed by atoms with Gasteiger partial charge in [0, 0.05) is 30.8 Å². The fraction of sp³-hybridized carbons (Fsp3) is 0.333. The first-order valence-corrected chi connectivity index (χ1v) is 11.4. The van der Waals surface area contributed by atoms with E-state index in [2.05, 4.69) is 5.32 Å². The summed E-state index contributed by atoms with van der Waals surface area (Å²) in [4.78, 5) is 38.2. The molecule has 1 heterocycles. The Morgan fingerprint density at radius 1 is 1.19 bits per heavy atom. The Labute approximate surface area is 221 Å². The van der Waals surface area contributed by atoms with Gasteiger partial charge in [-0.05, 0) is 53.3 Å². The molecule has 0 fully saturated rings. The van der Waals surface area contributed by atoms with E-state index in [0.717, 1.165) is 22.8 Å². The molecule has 0 unspecified atom stereocenters. The number of hydrogen-bond donors (Lipinski definition) is 3. The normalized spacial score (nSPS) is 12.8. The number of benzene rings is 2. The molecular formula is C27H32BrN3O5. The molecule has 192 valence electrons. The summed E-state index contributed by atoms with van der Waals surface area (Å²) in [5.41, 5.74) is 3.56. The summed E-state index contributed by atoms with van der Waals surface area (Å²) >= 11 is 0. The number of nitrogens with zero attached hydrogens (tertiary/aromatic N) is 1. The maximum Gasteiger partial charge on any atom is 0.328 e. The van der Waals surface area contributed by atoms with Crippen LogP contribution in [0, 0.1) is 5.41 Å². The van der Waals surface area contributed by atoms with Crippen molar-refractivity contribution in [3.05, 3.63) is 69.8 Å². The standard InChI is InChI=1S/C27H31N3O5.BrH/c1-6-35-23-12-18-14-30(25(28)19(18)13-20(23)26(34)29-5)15-22(31)17-8-7-16(9-10-24(32)33)21(11-17)27(2,3)4;/h7-13,28H,6,14-15H2,1-5H3,(H,29,34)(H,32,33);1H/b10-9+,28-25?;. The fourth-order valence-electron chi connectivity index (χ4n) is 4.10. The quantitative estimate of drug-likeness (QED) is 0.326. The minimum atomic E-state index is -1.04. The van der Waals surface area contributed by atoms with Crippen LogP contribution in [0.5, 0.6) is 5.75 Å².